The van der Waals surface area contributed by atoms with Gasteiger partial charge < -0.3 is 20.9 Å². The summed E-state index contributed by atoms with van der Waals surface area (Å²) < 4.78 is 26.5. The van der Waals surface area contributed by atoms with E-state index in [2.05, 4.69) is 28.1 Å². The lowest BCUT2D eigenvalue weighted by atomic mass is 10.1. The van der Waals surface area contributed by atoms with Gasteiger partial charge in [-0.3, -0.25) is 4.79 Å². The lowest BCUT2D eigenvalue weighted by Gasteiger charge is -2.16. The molecule has 0 atom stereocenters. The Labute approximate surface area is 195 Å². The molecule has 1 saturated heterocycles. The van der Waals surface area contributed by atoms with Crippen molar-refractivity contribution in [2.45, 2.75) is 17.7 Å². The van der Waals surface area contributed by atoms with Crippen LogP contribution in [0.3, 0.4) is 0 Å². The van der Waals surface area contributed by atoms with Gasteiger partial charge in [0.05, 0.1) is 4.90 Å². The van der Waals surface area contributed by atoms with Gasteiger partial charge in [-0.05, 0) is 36.6 Å². The van der Waals surface area contributed by atoms with Gasteiger partial charge >= 0.3 is 6.03 Å². The van der Waals surface area contributed by atoms with Gasteiger partial charge in [0.2, 0.25) is 10.0 Å². The molecule has 1 aliphatic rings. The van der Waals surface area contributed by atoms with Gasteiger partial charge in [0.1, 0.15) is 0 Å². The number of aryl methyl sites for hydroxylation is 1. The number of benzene rings is 2. The summed E-state index contributed by atoms with van der Waals surface area (Å²) in [5.41, 5.74) is 2.04. The first-order chi connectivity index (χ1) is 15.8. The molecule has 3 N–H and O–H groups in total. The predicted octanol–water partition coefficient (Wildman–Crippen LogP) is 1.74. The predicted molar refractivity (Wildman–Crippen MR) is 128 cm³/mol. The Morgan fingerprint density at radius 3 is 2.55 bits per heavy atom. The second-order valence-electron chi connectivity index (χ2n) is 8.02. The molecule has 10 heteroatoms. The first kappa shape index (κ1) is 24.5. The van der Waals surface area contributed by atoms with Crippen molar-refractivity contribution in [1.29, 1.82) is 0 Å². The molecule has 178 valence electrons. The molecule has 0 aromatic heterocycles. The summed E-state index contributed by atoms with van der Waals surface area (Å²) in [4.78, 5) is 26.0. The fourth-order valence-corrected chi connectivity index (χ4v) is 4.47. The van der Waals surface area contributed by atoms with Crippen molar-refractivity contribution >= 4 is 27.6 Å². The summed E-state index contributed by atoms with van der Waals surface area (Å²) in [7, 11) is -0.809. The van der Waals surface area contributed by atoms with Crippen LogP contribution in [0.4, 0.5) is 10.5 Å². The third-order valence-corrected chi connectivity index (χ3v) is 7.17. The Hall–Kier alpha value is -3.11. The number of urea groups is 1. The lowest BCUT2D eigenvalue weighted by molar-refractivity contribution is 0.0950. The van der Waals surface area contributed by atoms with Crippen LogP contribution in [0.25, 0.3) is 0 Å². The first-order valence-electron chi connectivity index (χ1n) is 10.9. The third kappa shape index (κ3) is 6.69. The number of carbonyl (C=O) groups is 2. The number of carbonyl (C=O) groups excluding carboxylic acids is 2. The van der Waals surface area contributed by atoms with Crippen molar-refractivity contribution in [2.75, 3.05) is 52.1 Å². The maximum atomic E-state index is 12.7. The zero-order valence-electron chi connectivity index (χ0n) is 19.0. The number of amides is 3. The van der Waals surface area contributed by atoms with E-state index in [1.165, 1.54) is 25.7 Å². The molecule has 3 rings (SSSR count). The van der Waals surface area contributed by atoms with Crippen molar-refractivity contribution in [1.82, 2.24) is 19.8 Å². The van der Waals surface area contributed by atoms with E-state index in [9.17, 15) is 18.0 Å². The van der Waals surface area contributed by atoms with Crippen molar-refractivity contribution < 1.29 is 18.0 Å². The van der Waals surface area contributed by atoms with Crippen LogP contribution in [-0.4, -0.2) is 76.4 Å². The average molecular weight is 474 g/mol. The van der Waals surface area contributed by atoms with Crippen LogP contribution >= 0.6 is 0 Å². The SMILES string of the molecule is CN(C)S(=O)(=O)c1cc(NCCCc2ccccc2)cc(C(=O)NCCN2CCNC2=O)c1. The normalized spacial score (nSPS) is 13.8. The third-order valence-electron chi connectivity index (χ3n) is 5.37. The van der Waals surface area contributed by atoms with Gasteiger partial charge in [-0.1, -0.05) is 30.3 Å². The minimum absolute atomic E-state index is 0.0460. The minimum Gasteiger partial charge on any atom is -0.385 e. The summed E-state index contributed by atoms with van der Waals surface area (Å²) >= 11 is 0. The van der Waals surface area contributed by atoms with Gasteiger partial charge in [0.25, 0.3) is 5.91 Å². The standard InChI is InChI=1S/C23H31N5O4S/c1-27(2)33(31,32)21-16-19(22(29)25-11-13-28-14-12-26-23(28)30)15-20(17-21)24-10-6-9-18-7-4-3-5-8-18/h3-5,7-8,15-17,24H,6,9-14H2,1-2H3,(H,25,29)(H,26,30). The maximum absolute atomic E-state index is 12.7. The molecule has 3 amide bonds. The van der Waals surface area contributed by atoms with Crippen LogP contribution in [0, 0.1) is 0 Å². The van der Waals surface area contributed by atoms with E-state index >= 15 is 0 Å². The highest BCUT2D eigenvalue weighted by Crippen LogP contribution is 2.21. The van der Waals surface area contributed by atoms with E-state index in [4.69, 9.17) is 0 Å². The molecule has 0 bridgehead atoms. The maximum Gasteiger partial charge on any atom is 0.317 e. The fraction of sp³-hybridized carbons (Fsp3) is 0.391. The first-order valence-corrected chi connectivity index (χ1v) is 12.4. The van der Waals surface area contributed by atoms with E-state index in [1.54, 1.807) is 17.0 Å². The molecular weight excluding hydrogens is 442 g/mol. The van der Waals surface area contributed by atoms with Gasteiger partial charge in [-0.25, -0.2) is 17.5 Å². The molecule has 0 unspecified atom stereocenters. The Bertz CT molecular complexity index is 1070. The van der Waals surface area contributed by atoms with Crippen molar-refractivity contribution in [3.63, 3.8) is 0 Å². The summed E-state index contributed by atoms with van der Waals surface area (Å²) in [6.45, 7) is 2.49. The highest BCUT2D eigenvalue weighted by atomic mass is 32.2. The molecule has 0 spiro atoms. The summed E-state index contributed by atoms with van der Waals surface area (Å²) in [6.07, 6.45) is 1.75. The van der Waals surface area contributed by atoms with Crippen molar-refractivity contribution in [3.05, 3.63) is 59.7 Å². The van der Waals surface area contributed by atoms with E-state index in [-0.39, 0.29) is 23.0 Å². The fourth-order valence-electron chi connectivity index (χ4n) is 3.49. The Morgan fingerprint density at radius 1 is 1.12 bits per heavy atom. The summed E-state index contributed by atoms with van der Waals surface area (Å²) in [6, 6.07) is 14.5. The van der Waals surface area contributed by atoms with E-state index in [1.807, 2.05) is 18.2 Å². The monoisotopic (exact) mass is 473 g/mol. The lowest BCUT2D eigenvalue weighted by Crippen LogP contribution is -2.36. The van der Waals surface area contributed by atoms with Gasteiger partial charge in [0, 0.05) is 58.1 Å². The van der Waals surface area contributed by atoms with Gasteiger partial charge in [-0.2, -0.15) is 0 Å². The van der Waals surface area contributed by atoms with E-state index < -0.39 is 15.9 Å². The molecule has 2 aromatic rings. The van der Waals surface area contributed by atoms with Crippen molar-refractivity contribution in [2.24, 2.45) is 0 Å². The molecule has 1 heterocycles. The summed E-state index contributed by atoms with van der Waals surface area (Å²) in [5, 5.41) is 8.73. The van der Waals surface area contributed by atoms with Crippen LogP contribution in [0.15, 0.2) is 53.4 Å². The number of nitrogens with zero attached hydrogens (tertiary/aromatic N) is 2. The zero-order valence-corrected chi connectivity index (χ0v) is 19.8. The smallest absolute Gasteiger partial charge is 0.317 e. The molecule has 0 aliphatic carbocycles. The Balaban J connectivity index is 1.67. The zero-order chi connectivity index (χ0) is 23.8. The van der Waals surface area contributed by atoms with Crippen LogP contribution in [0.5, 0.6) is 0 Å². The minimum atomic E-state index is -3.72. The van der Waals surface area contributed by atoms with Gasteiger partial charge in [0.15, 0.2) is 0 Å². The van der Waals surface area contributed by atoms with E-state index in [0.29, 0.717) is 31.9 Å². The molecular formula is C23H31N5O4S. The topological polar surface area (TPSA) is 111 Å². The number of nitrogens with one attached hydrogen (secondary N) is 3. The van der Waals surface area contributed by atoms with Crippen LogP contribution in [0.1, 0.15) is 22.3 Å². The highest BCUT2D eigenvalue weighted by molar-refractivity contribution is 7.89. The summed E-state index contributed by atoms with van der Waals surface area (Å²) in [5.74, 6) is -0.391. The highest BCUT2D eigenvalue weighted by Gasteiger charge is 2.22. The second kappa shape index (κ2) is 11.2. The molecule has 33 heavy (non-hydrogen) atoms. The number of hydrogen-bond acceptors (Lipinski definition) is 5. The van der Waals surface area contributed by atoms with Gasteiger partial charge in [-0.15, -0.1) is 0 Å². The van der Waals surface area contributed by atoms with Crippen molar-refractivity contribution in [3.8, 4) is 0 Å². The second-order valence-corrected chi connectivity index (χ2v) is 10.2. The van der Waals surface area contributed by atoms with Crippen LogP contribution in [-0.2, 0) is 16.4 Å². The molecule has 2 aromatic carbocycles. The number of hydrogen-bond donors (Lipinski definition) is 3. The molecule has 0 radical (unpaired) electrons. The Kier molecular flexibility index (Phi) is 8.29. The molecule has 1 aliphatic heterocycles. The van der Waals surface area contributed by atoms with E-state index in [0.717, 1.165) is 17.1 Å². The van der Waals surface area contributed by atoms with Crippen LogP contribution < -0.4 is 16.0 Å². The van der Waals surface area contributed by atoms with Crippen LogP contribution in [0.2, 0.25) is 0 Å². The average Bonchev–Trinajstić information content (AvgIpc) is 3.21. The largest absolute Gasteiger partial charge is 0.385 e. The molecule has 0 saturated carbocycles. The molecule has 9 nitrogen and oxygen atoms in total. The number of anilines is 1. The number of rotatable bonds is 11. The quantitative estimate of drug-likeness (QED) is 0.431. The Morgan fingerprint density at radius 2 is 1.88 bits per heavy atom. The number of sulfonamides is 1. The molecule has 1 fully saturated rings.